The Kier molecular flexibility index (Phi) is 4.96. The minimum atomic E-state index is -1.06. The second-order valence-electron chi connectivity index (χ2n) is 3.49. The van der Waals surface area contributed by atoms with Crippen molar-refractivity contribution in [2.24, 2.45) is 0 Å². The van der Waals surface area contributed by atoms with Gasteiger partial charge in [0.25, 0.3) is 0 Å². The SMILES string of the molecule is COCC(Nc1c(C#N)cccc1OC)C(=O)O. The molecule has 96 valence electrons. The molecule has 6 nitrogen and oxygen atoms in total. The Balaban J connectivity index is 3.08. The highest BCUT2D eigenvalue weighted by Gasteiger charge is 2.20. The number of carboxylic acid groups (broad SMARTS) is 1. The van der Waals surface area contributed by atoms with Crippen LogP contribution in [-0.2, 0) is 9.53 Å². The number of anilines is 1. The summed E-state index contributed by atoms with van der Waals surface area (Å²) in [5, 5.41) is 20.8. The third-order valence-electron chi connectivity index (χ3n) is 2.32. The first kappa shape index (κ1) is 13.8. The van der Waals surface area contributed by atoms with Gasteiger partial charge in [0.15, 0.2) is 0 Å². The summed E-state index contributed by atoms with van der Waals surface area (Å²) in [4.78, 5) is 11.0. The Labute approximate surface area is 105 Å². The maximum atomic E-state index is 11.0. The van der Waals surface area contributed by atoms with Crippen molar-refractivity contribution in [3.63, 3.8) is 0 Å². The molecule has 0 aromatic heterocycles. The fourth-order valence-electron chi connectivity index (χ4n) is 1.46. The van der Waals surface area contributed by atoms with Gasteiger partial charge in [-0.3, -0.25) is 0 Å². The van der Waals surface area contributed by atoms with Crippen LogP contribution in [0.5, 0.6) is 5.75 Å². The summed E-state index contributed by atoms with van der Waals surface area (Å²) < 4.78 is 9.92. The Hall–Kier alpha value is -2.26. The second kappa shape index (κ2) is 6.47. The monoisotopic (exact) mass is 250 g/mol. The molecule has 0 saturated heterocycles. The van der Waals surface area contributed by atoms with Crippen LogP contribution in [0.1, 0.15) is 5.56 Å². The quantitative estimate of drug-likeness (QED) is 0.784. The van der Waals surface area contributed by atoms with Crippen LogP contribution in [0.4, 0.5) is 5.69 Å². The molecular formula is C12H14N2O4. The van der Waals surface area contributed by atoms with Gasteiger partial charge in [-0.15, -0.1) is 0 Å². The summed E-state index contributed by atoms with van der Waals surface area (Å²) in [6.45, 7) is -0.0156. The van der Waals surface area contributed by atoms with Crippen LogP contribution in [-0.4, -0.2) is 37.9 Å². The average Bonchev–Trinajstić information content (AvgIpc) is 2.38. The number of rotatable bonds is 6. The molecule has 0 spiro atoms. The molecule has 1 aromatic carbocycles. The number of nitriles is 1. The minimum absolute atomic E-state index is 0.0156. The summed E-state index contributed by atoms with van der Waals surface area (Å²) in [5.41, 5.74) is 0.670. The van der Waals surface area contributed by atoms with Crippen molar-refractivity contribution in [2.75, 3.05) is 26.1 Å². The van der Waals surface area contributed by atoms with Gasteiger partial charge in [-0.05, 0) is 12.1 Å². The predicted octanol–water partition coefficient (Wildman–Crippen LogP) is 1.08. The van der Waals surface area contributed by atoms with Gasteiger partial charge in [-0.2, -0.15) is 5.26 Å². The van der Waals surface area contributed by atoms with Crippen molar-refractivity contribution in [2.45, 2.75) is 6.04 Å². The number of nitrogens with one attached hydrogen (secondary N) is 1. The summed E-state index contributed by atoms with van der Waals surface area (Å²) in [5.74, 6) is -0.650. The Morgan fingerprint density at radius 2 is 2.28 bits per heavy atom. The molecule has 0 heterocycles. The maximum absolute atomic E-state index is 11.0. The molecule has 18 heavy (non-hydrogen) atoms. The van der Waals surface area contributed by atoms with Crippen LogP contribution in [0.15, 0.2) is 18.2 Å². The zero-order valence-corrected chi connectivity index (χ0v) is 10.1. The fourth-order valence-corrected chi connectivity index (χ4v) is 1.46. The molecule has 2 N–H and O–H groups in total. The van der Waals surface area contributed by atoms with Crippen LogP contribution in [0.3, 0.4) is 0 Å². The summed E-state index contributed by atoms with van der Waals surface area (Å²) >= 11 is 0. The first-order valence-corrected chi connectivity index (χ1v) is 5.19. The van der Waals surface area contributed by atoms with Gasteiger partial charge in [0.05, 0.1) is 25.0 Å². The normalized spacial score (nSPS) is 11.4. The second-order valence-corrected chi connectivity index (χ2v) is 3.49. The van der Waals surface area contributed by atoms with E-state index in [1.165, 1.54) is 14.2 Å². The number of nitrogens with zero attached hydrogens (tertiary/aromatic N) is 1. The van der Waals surface area contributed by atoms with E-state index in [0.717, 1.165) is 0 Å². The van der Waals surface area contributed by atoms with Crippen LogP contribution < -0.4 is 10.1 Å². The van der Waals surface area contributed by atoms with Crippen LogP contribution >= 0.6 is 0 Å². The molecule has 0 saturated carbocycles. The van der Waals surface area contributed by atoms with E-state index in [9.17, 15) is 4.79 Å². The number of para-hydroxylation sites is 1. The topological polar surface area (TPSA) is 91.6 Å². The Morgan fingerprint density at radius 1 is 1.56 bits per heavy atom. The number of methoxy groups -OCH3 is 2. The number of carbonyl (C=O) groups is 1. The number of aliphatic carboxylic acids is 1. The van der Waals surface area contributed by atoms with Crippen LogP contribution in [0.2, 0.25) is 0 Å². The van der Waals surface area contributed by atoms with Crippen molar-refractivity contribution < 1.29 is 19.4 Å². The van der Waals surface area contributed by atoms with Gasteiger partial charge >= 0.3 is 5.97 Å². The van der Waals surface area contributed by atoms with Crippen LogP contribution in [0.25, 0.3) is 0 Å². The van der Waals surface area contributed by atoms with Crippen LogP contribution in [0, 0.1) is 11.3 Å². The Morgan fingerprint density at radius 3 is 2.78 bits per heavy atom. The van der Waals surface area contributed by atoms with E-state index >= 15 is 0 Å². The molecule has 0 aliphatic carbocycles. The minimum Gasteiger partial charge on any atom is -0.495 e. The van der Waals surface area contributed by atoms with Gasteiger partial charge in [-0.1, -0.05) is 6.07 Å². The molecule has 6 heteroatoms. The highest BCUT2D eigenvalue weighted by atomic mass is 16.5. The van der Waals surface area contributed by atoms with E-state index in [0.29, 0.717) is 17.0 Å². The molecule has 1 unspecified atom stereocenters. The van der Waals surface area contributed by atoms with E-state index in [1.54, 1.807) is 18.2 Å². The maximum Gasteiger partial charge on any atom is 0.328 e. The molecule has 0 amide bonds. The standard InChI is InChI=1S/C12H14N2O4/c1-17-7-9(12(15)16)14-11-8(6-13)4-3-5-10(11)18-2/h3-5,9,14H,7H2,1-2H3,(H,15,16). The number of carboxylic acids is 1. The molecule has 0 bridgehead atoms. The zero-order chi connectivity index (χ0) is 13.5. The first-order valence-electron chi connectivity index (χ1n) is 5.19. The lowest BCUT2D eigenvalue weighted by molar-refractivity contribution is -0.139. The molecule has 0 aliphatic heterocycles. The van der Waals surface area contributed by atoms with Gasteiger partial charge in [0.2, 0.25) is 0 Å². The van der Waals surface area contributed by atoms with Crippen molar-refractivity contribution in [3.05, 3.63) is 23.8 Å². The average molecular weight is 250 g/mol. The third kappa shape index (κ3) is 3.12. The summed E-state index contributed by atoms with van der Waals surface area (Å²) in [6.07, 6.45) is 0. The molecular weight excluding hydrogens is 236 g/mol. The van der Waals surface area contributed by atoms with Crippen molar-refractivity contribution in [1.82, 2.24) is 0 Å². The number of ether oxygens (including phenoxy) is 2. The third-order valence-corrected chi connectivity index (χ3v) is 2.32. The summed E-state index contributed by atoms with van der Waals surface area (Å²) in [6, 6.07) is 5.92. The first-order chi connectivity index (χ1) is 8.63. The van der Waals surface area contributed by atoms with Crippen molar-refractivity contribution in [3.8, 4) is 11.8 Å². The number of benzene rings is 1. The van der Waals surface area contributed by atoms with Crippen molar-refractivity contribution in [1.29, 1.82) is 5.26 Å². The number of hydrogen-bond donors (Lipinski definition) is 2. The van der Waals surface area contributed by atoms with E-state index in [2.05, 4.69) is 5.32 Å². The fraction of sp³-hybridized carbons (Fsp3) is 0.333. The lowest BCUT2D eigenvalue weighted by Crippen LogP contribution is -2.34. The lowest BCUT2D eigenvalue weighted by Gasteiger charge is -2.18. The molecule has 1 aromatic rings. The van der Waals surface area contributed by atoms with Gasteiger partial charge in [0, 0.05) is 7.11 Å². The molecule has 0 radical (unpaired) electrons. The smallest absolute Gasteiger partial charge is 0.328 e. The molecule has 1 rings (SSSR count). The lowest BCUT2D eigenvalue weighted by atomic mass is 10.1. The summed E-state index contributed by atoms with van der Waals surface area (Å²) in [7, 11) is 2.86. The largest absolute Gasteiger partial charge is 0.495 e. The van der Waals surface area contributed by atoms with Gasteiger partial charge in [0.1, 0.15) is 17.9 Å². The number of hydrogen-bond acceptors (Lipinski definition) is 5. The van der Waals surface area contributed by atoms with E-state index < -0.39 is 12.0 Å². The van der Waals surface area contributed by atoms with Crippen molar-refractivity contribution >= 4 is 11.7 Å². The molecule has 0 fully saturated rings. The van der Waals surface area contributed by atoms with Gasteiger partial charge < -0.3 is 19.9 Å². The zero-order valence-electron chi connectivity index (χ0n) is 10.1. The highest BCUT2D eigenvalue weighted by Crippen LogP contribution is 2.28. The van der Waals surface area contributed by atoms with E-state index in [-0.39, 0.29) is 6.61 Å². The Bertz CT molecular complexity index is 468. The highest BCUT2D eigenvalue weighted by molar-refractivity contribution is 5.80. The molecule has 0 aliphatic rings. The van der Waals surface area contributed by atoms with Gasteiger partial charge in [-0.25, -0.2) is 4.79 Å². The predicted molar refractivity (Wildman–Crippen MR) is 64.6 cm³/mol. The molecule has 1 atom stereocenters. The van der Waals surface area contributed by atoms with E-state index in [4.69, 9.17) is 19.8 Å². The van der Waals surface area contributed by atoms with E-state index in [1.807, 2.05) is 6.07 Å².